The maximum absolute atomic E-state index is 14.3. The van der Waals surface area contributed by atoms with Gasteiger partial charge in [-0.25, -0.2) is 4.39 Å². The lowest BCUT2D eigenvalue weighted by atomic mass is 9.48. The van der Waals surface area contributed by atoms with Crippen molar-refractivity contribution in [2.75, 3.05) is 0 Å². The number of hydrogen-bond donors (Lipinski definition) is 1. The predicted molar refractivity (Wildman–Crippen MR) is 82.3 cm³/mol. The highest BCUT2D eigenvalue weighted by molar-refractivity contribution is 5.28. The highest BCUT2D eigenvalue weighted by Gasteiger charge is 2.56. The third kappa shape index (κ3) is 1.78. The predicted octanol–water partition coefficient (Wildman–Crippen LogP) is 4.77. The molecule has 1 N–H and O–H groups in total. The molecule has 0 aromatic carbocycles. The fourth-order valence-electron chi connectivity index (χ4n) is 6.16. The maximum Gasteiger partial charge on any atom is 0.102 e. The average molecular weight is 290 g/mol. The molecule has 0 bridgehead atoms. The van der Waals surface area contributed by atoms with Gasteiger partial charge in [-0.15, -0.1) is 0 Å². The van der Waals surface area contributed by atoms with Crippen molar-refractivity contribution in [3.05, 3.63) is 23.6 Å². The van der Waals surface area contributed by atoms with E-state index in [-0.39, 0.29) is 22.8 Å². The van der Waals surface area contributed by atoms with Gasteiger partial charge in [-0.3, -0.25) is 0 Å². The van der Waals surface area contributed by atoms with Gasteiger partial charge in [0, 0.05) is 5.41 Å². The number of fused-ring (bicyclic) bond motifs is 5. The minimum absolute atomic E-state index is 0.139. The Morgan fingerprint density at radius 2 is 1.81 bits per heavy atom. The van der Waals surface area contributed by atoms with Crippen LogP contribution in [0.2, 0.25) is 0 Å². The largest absolute Gasteiger partial charge is 0.393 e. The molecule has 4 aliphatic carbocycles. The van der Waals surface area contributed by atoms with Crippen molar-refractivity contribution in [1.82, 2.24) is 0 Å². The van der Waals surface area contributed by atoms with Crippen LogP contribution in [0.4, 0.5) is 4.39 Å². The zero-order valence-electron chi connectivity index (χ0n) is 13.2. The second-order valence-corrected chi connectivity index (χ2v) is 8.40. The zero-order chi connectivity index (χ0) is 14.8. The molecule has 116 valence electrons. The fourth-order valence-corrected chi connectivity index (χ4v) is 6.16. The van der Waals surface area contributed by atoms with Crippen LogP contribution in [0.5, 0.6) is 0 Å². The van der Waals surface area contributed by atoms with E-state index in [1.807, 2.05) is 6.08 Å². The van der Waals surface area contributed by atoms with Crippen molar-refractivity contribution in [1.29, 1.82) is 0 Å². The lowest BCUT2D eigenvalue weighted by Crippen LogP contribution is -2.49. The van der Waals surface area contributed by atoms with Gasteiger partial charge < -0.3 is 5.11 Å². The molecule has 0 spiro atoms. The highest BCUT2D eigenvalue weighted by Crippen LogP contribution is 2.64. The first-order chi connectivity index (χ1) is 9.95. The quantitative estimate of drug-likeness (QED) is 0.637. The Hall–Kier alpha value is -0.630. The van der Waals surface area contributed by atoms with Gasteiger partial charge in [0.2, 0.25) is 0 Å². The molecule has 1 nitrogen and oxygen atoms in total. The molecule has 4 aliphatic rings. The van der Waals surface area contributed by atoms with E-state index in [0.29, 0.717) is 17.8 Å². The molecular formula is C19H27FO. The van der Waals surface area contributed by atoms with E-state index in [4.69, 9.17) is 0 Å². The summed E-state index contributed by atoms with van der Waals surface area (Å²) in [7, 11) is 0. The number of allylic oxidation sites excluding steroid dienone is 3. The second-order valence-electron chi connectivity index (χ2n) is 8.40. The Morgan fingerprint density at radius 1 is 1.05 bits per heavy atom. The van der Waals surface area contributed by atoms with Crippen molar-refractivity contribution < 1.29 is 9.50 Å². The third-order valence-electron chi connectivity index (χ3n) is 7.56. The van der Waals surface area contributed by atoms with Gasteiger partial charge >= 0.3 is 0 Å². The van der Waals surface area contributed by atoms with Crippen LogP contribution in [0.15, 0.2) is 23.6 Å². The molecule has 0 amide bonds. The maximum atomic E-state index is 14.3. The Labute approximate surface area is 127 Å². The molecule has 0 aromatic heterocycles. The van der Waals surface area contributed by atoms with Crippen LogP contribution in [0.3, 0.4) is 0 Å². The molecule has 0 aromatic rings. The summed E-state index contributed by atoms with van der Waals surface area (Å²) in [5, 5.41) is 9.99. The van der Waals surface area contributed by atoms with E-state index in [0.717, 1.165) is 44.9 Å². The minimum atomic E-state index is -0.183. The molecule has 6 atom stereocenters. The molecule has 21 heavy (non-hydrogen) atoms. The fraction of sp³-hybridized carbons (Fsp3) is 0.789. The molecule has 0 radical (unpaired) electrons. The number of aliphatic hydroxyl groups excluding tert-OH is 1. The number of rotatable bonds is 0. The summed E-state index contributed by atoms with van der Waals surface area (Å²) in [4.78, 5) is 0. The monoisotopic (exact) mass is 290 g/mol. The lowest BCUT2D eigenvalue weighted by Gasteiger charge is -2.57. The van der Waals surface area contributed by atoms with Crippen LogP contribution in [0.25, 0.3) is 0 Å². The molecular weight excluding hydrogens is 263 g/mol. The summed E-state index contributed by atoms with van der Waals surface area (Å²) in [6.45, 7) is 4.57. The van der Waals surface area contributed by atoms with Crippen molar-refractivity contribution in [2.24, 2.45) is 28.6 Å². The van der Waals surface area contributed by atoms with E-state index in [1.54, 1.807) is 0 Å². The van der Waals surface area contributed by atoms with E-state index >= 15 is 0 Å². The number of hydrogen-bond acceptors (Lipinski definition) is 1. The van der Waals surface area contributed by atoms with E-state index in [2.05, 4.69) is 19.9 Å². The minimum Gasteiger partial charge on any atom is -0.393 e. The van der Waals surface area contributed by atoms with Crippen molar-refractivity contribution in [2.45, 2.75) is 64.9 Å². The van der Waals surface area contributed by atoms with E-state index < -0.39 is 0 Å². The van der Waals surface area contributed by atoms with Gasteiger partial charge in [0.25, 0.3) is 0 Å². The summed E-state index contributed by atoms with van der Waals surface area (Å²) in [6, 6.07) is 0. The number of aliphatic hydroxyl groups is 1. The van der Waals surface area contributed by atoms with Crippen molar-refractivity contribution in [3.63, 3.8) is 0 Å². The molecule has 0 heterocycles. The summed E-state index contributed by atoms with van der Waals surface area (Å²) in [6.07, 6.45) is 11.2. The van der Waals surface area contributed by atoms with E-state index in [1.165, 1.54) is 5.57 Å². The van der Waals surface area contributed by atoms with Gasteiger partial charge in [0.15, 0.2) is 0 Å². The summed E-state index contributed by atoms with van der Waals surface area (Å²) in [5.74, 6) is 1.99. The third-order valence-corrected chi connectivity index (χ3v) is 7.56. The van der Waals surface area contributed by atoms with Crippen LogP contribution in [0, 0.1) is 28.6 Å². The summed E-state index contributed by atoms with van der Waals surface area (Å²) in [5.41, 5.74) is 1.58. The normalized spacial score (nSPS) is 52.4. The van der Waals surface area contributed by atoms with Crippen LogP contribution in [-0.2, 0) is 0 Å². The lowest BCUT2D eigenvalue weighted by molar-refractivity contribution is -0.0345. The van der Waals surface area contributed by atoms with Gasteiger partial charge in [-0.05, 0) is 68.1 Å². The molecule has 0 saturated heterocycles. The first-order valence-corrected chi connectivity index (χ1v) is 8.69. The SMILES string of the molecule is CC12CCC3C(CC=C4CC(O)CCC43C)C1CC=C2F. The Balaban J connectivity index is 1.68. The highest BCUT2D eigenvalue weighted by atomic mass is 19.1. The van der Waals surface area contributed by atoms with Crippen molar-refractivity contribution in [3.8, 4) is 0 Å². The summed E-state index contributed by atoms with van der Waals surface area (Å²) < 4.78 is 14.3. The summed E-state index contributed by atoms with van der Waals surface area (Å²) >= 11 is 0. The van der Waals surface area contributed by atoms with Crippen LogP contribution < -0.4 is 0 Å². The van der Waals surface area contributed by atoms with Gasteiger partial charge in [0.1, 0.15) is 5.83 Å². The van der Waals surface area contributed by atoms with Crippen molar-refractivity contribution >= 4 is 0 Å². The van der Waals surface area contributed by atoms with E-state index in [9.17, 15) is 9.50 Å². The molecule has 0 aliphatic heterocycles. The molecule has 4 rings (SSSR count). The molecule has 6 unspecified atom stereocenters. The van der Waals surface area contributed by atoms with Gasteiger partial charge in [0.05, 0.1) is 6.10 Å². The Bertz CT molecular complexity index is 522. The van der Waals surface area contributed by atoms with Gasteiger partial charge in [-0.1, -0.05) is 31.6 Å². The Kier molecular flexibility index (Phi) is 2.96. The smallest absolute Gasteiger partial charge is 0.102 e. The average Bonchev–Trinajstić information content (AvgIpc) is 2.76. The van der Waals surface area contributed by atoms with Crippen LogP contribution in [-0.4, -0.2) is 11.2 Å². The first kappa shape index (κ1) is 14.0. The Morgan fingerprint density at radius 3 is 2.62 bits per heavy atom. The molecule has 2 saturated carbocycles. The molecule has 2 heteroatoms. The second kappa shape index (κ2) is 4.44. The topological polar surface area (TPSA) is 20.2 Å². The van der Waals surface area contributed by atoms with Gasteiger partial charge in [-0.2, -0.15) is 0 Å². The standard InChI is InChI=1S/C19H27FO/c1-18-9-7-13(21)11-12(18)3-4-14-15-5-6-17(20)19(15,2)10-8-16(14)18/h3,6,13-16,21H,4-5,7-11H2,1-2H3. The number of halogens is 1. The zero-order valence-corrected chi connectivity index (χ0v) is 13.2. The van der Waals surface area contributed by atoms with Crippen LogP contribution in [0.1, 0.15) is 58.8 Å². The molecule has 2 fully saturated rings. The first-order valence-electron chi connectivity index (χ1n) is 8.69. The van der Waals surface area contributed by atoms with Crippen LogP contribution >= 0.6 is 0 Å².